The van der Waals surface area contributed by atoms with Crippen LogP contribution in [0.5, 0.6) is 0 Å². The summed E-state index contributed by atoms with van der Waals surface area (Å²) in [7, 11) is 0. The zero-order valence-electron chi connectivity index (χ0n) is 26.5. The Balaban J connectivity index is 1.23. The highest BCUT2D eigenvalue weighted by atomic mass is 31.2. The third kappa shape index (κ3) is 7.26. The van der Waals surface area contributed by atoms with E-state index in [1.807, 2.05) is 13.8 Å². The van der Waals surface area contributed by atoms with Gasteiger partial charge in [0.2, 0.25) is 5.90 Å². The normalized spacial score (nSPS) is 25.7. The summed E-state index contributed by atoms with van der Waals surface area (Å²) < 4.78 is 11.7. The zero-order valence-corrected chi connectivity index (χ0v) is 27.4. The number of hydrogen-bond acceptors (Lipinski definition) is 7. The molecule has 2 aliphatic heterocycles. The van der Waals surface area contributed by atoms with Gasteiger partial charge in [0, 0.05) is 44.0 Å². The van der Waals surface area contributed by atoms with E-state index in [1.165, 1.54) is 17.3 Å². The van der Waals surface area contributed by atoms with Crippen LogP contribution in [0.3, 0.4) is 0 Å². The maximum atomic E-state index is 10.3. The molecule has 0 aromatic heterocycles. The average Bonchev–Trinajstić information content (AvgIpc) is 3.02. The molecule has 8 heteroatoms. The van der Waals surface area contributed by atoms with Crippen LogP contribution in [0.25, 0.3) is 0 Å². The van der Waals surface area contributed by atoms with Gasteiger partial charge < -0.3 is 15.2 Å². The van der Waals surface area contributed by atoms with Crippen molar-refractivity contribution in [1.82, 2.24) is 4.90 Å². The molecule has 1 saturated carbocycles. The van der Waals surface area contributed by atoms with E-state index >= 15 is 0 Å². The number of nitriles is 1. The molecule has 1 atom stereocenters. The molecule has 44 heavy (non-hydrogen) atoms. The van der Waals surface area contributed by atoms with Gasteiger partial charge in [0.25, 0.3) is 0 Å². The number of hydrogen-bond donors (Lipinski definition) is 1. The van der Waals surface area contributed by atoms with Crippen LogP contribution >= 0.6 is 6.89 Å². The predicted octanol–water partition coefficient (Wildman–Crippen LogP) is 6.38. The van der Waals surface area contributed by atoms with Crippen molar-refractivity contribution in [3.63, 3.8) is 0 Å². The van der Waals surface area contributed by atoms with Crippen molar-refractivity contribution in [3.8, 4) is 5.81 Å². The number of aliphatic imine (C=N–C) groups is 2. The van der Waals surface area contributed by atoms with Gasteiger partial charge in [-0.15, -0.1) is 0 Å². The molecule has 2 aromatic rings. The van der Waals surface area contributed by atoms with Crippen molar-refractivity contribution < 1.29 is 9.47 Å². The van der Waals surface area contributed by atoms with E-state index in [2.05, 4.69) is 77.1 Å². The molecule has 2 heterocycles. The molecule has 1 saturated heterocycles. The highest BCUT2D eigenvalue weighted by Gasteiger charge is 2.36. The van der Waals surface area contributed by atoms with E-state index in [0.717, 1.165) is 81.3 Å². The highest BCUT2D eigenvalue weighted by molar-refractivity contribution is 7.84. The lowest BCUT2D eigenvalue weighted by Gasteiger charge is -2.34. The number of benzene rings is 2. The van der Waals surface area contributed by atoms with Gasteiger partial charge in [0.15, 0.2) is 0 Å². The highest BCUT2D eigenvalue weighted by Crippen LogP contribution is 2.48. The first-order valence-corrected chi connectivity index (χ1v) is 17.8. The van der Waals surface area contributed by atoms with Crippen molar-refractivity contribution in [2.75, 3.05) is 32.5 Å². The molecule has 0 radical (unpaired) electrons. The summed E-state index contributed by atoms with van der Waals surface area (Å²) >= 11 is 0. The van der Waals surface area contributed by atoms with Crippen molar-refractivity contribution >= 4 is 30.1 Å². The van der Waals surface area contributed by atoms with Crippen LogP contribution < -0.4 is 11.0 Å². The number of nitrogens with zero attached hydrogens (tertiary/aromatic N) is 4. The van der Waals surface area contributed by atoms with Gasteiger partial charge in [-0.1, -0.05) is 55.3 Å². The Bertz CT molecular complexity index is 1530. The summed E-state index contributed by atoms with van der Waals surface area (Å²) in [5.74, 6) is 4.15. The minimum atomic E-state index is -2.14. The van der Waals surface area contributed by atoms with E-state index in [0.29, 0.717) is 29.1 Å². The molecular formula is C36H46N5O2P. The summed E-state index contributed by atoms with van der Waals surface area (Å²) in [6, 6.07) is 17.4. The molecule has 2 fully saturated rings. The van der Waals surface area contributed by atoms with Crippen LogP contribution in [0.1, 0.15) is 69.1 Å². The molecule has 0 bridgehead atoms. The molecule has 5 rings (SSSR count). The van der Waals surface area contributed by atoms with Gasteiger partial charge in [-0.05, 0) is 87.0 Å². The van der Waals surface area contributed by atoms with Gasteiger partial charge in [0.05, 0.1) is 24.7 Å². The lowest BCUT2D eigenvalue weighted by atomic mass is 9.79. The molecule has 232 valence electrons. The SMILES string of the molecule is C=CN=C1OC(C)(C)C(c2ccc(C3CCC(CP(=C)(C#N)c4cccc(CN5CCOCC5)c4)CC3)cc2)=N/C1=C(/C)N. The van der Waals surface area contributed by atoms with Crippen molar-refractivity contribution in [2.45, 2.75) is 64.5 Å². The Labute approximate surface area is 263 Å². The van der Waals surface area contributed by atoms with Crippen molar-refractivity contribution in [1.29, 1.82) is 5.26 Å². The number of allylic oxidation sites excluding steroid dienone is 1. The fourth-order valence-electron chi connectivity index (χ4n) is 6.65. The van der Waals surface area contributed by atoms with Crippen LogP contribution in [0.15, 0.2) is 82.7 Å². The van der Waals surface area contributed by atoms with Gasteiger partial charge in [-0.2, -0.15) is 5.26 Å². The molecule has 2 aromatic carbocycles. The molecular weight excluding hydrogens is 565 g/mol. The standard InChI is InChI=1S/C36H46N5O2P/c1-6-39-35-33(26(2)38)40-34(36(3,4)43-35)31-16-14-30(15-17-31)29-12-10-27(11-13-29)24-44(5,25-37)32-9-7-8-28(22-32)23-41-18-20-42-21-19-41/h6-9,14-17,22,27,29H,1,5,10-13,18-21,23-24,38H2,2-4H3/b33-26-,39-35?. The monoisotopic (exact) mass is 611 g/mol. The minimum absolute atomic E-state index is 0.396. The Kier molecular flexibility index (Phi) is 9.95. The first-order chi connectivity index (χ1) is 21.1. The summed E-state index contributed by atoms with van der Waals surface area (Å²) in [4.78, 5) is 11.6. The molecule has 7 nitrogen and oxygen atoms in total. The third-order valence-electron chi connectivity index (χ3n) is 9.11. The fourth-order valence-corrected chi connectivity index (χ4v) is 9.09. The van der Waals surface area contributed by atoms with E-state index in [1.54, 1.807) is 6.92 Å². The largest absolute Gasteiger partial charge is 0.464 e. The predicted molar refractivity (Wildman–Crippen MR) is 184 cm³/mol. The molecule has 2 N–H and O–H groups in total. The second kappa shape index (κ2) is 13.7. The lowest BCUT2D eigenvalue weighted by Crippen LogP contribution is -2.42. The Hall–Kier alpha value is -3.43. The third-order valence-corrected chi connectivity index (χ3v) is 11.9. The van der Waals surface area contributed by atoms with Crippen LogP contribution in [0, 0.1) is 17.0 Å². The number of nitrogens with two attached hydrogens (primary N) is 1. The first-order valence-electron chi connectivity index (χ1n) is 15.7. The van der Waals surface area contributed by atoms with Crippen LogP contribution in [-0.4, -0.2) is 60.9 Å². The summed E-state index contributed by atoms with van der Waals surface area (Å²) in [5, 5.41) is 11.5. The fraction of sp³-hybridized carbons (Fsp3) is 0.444. The smallest absolute Gasteiger partial charge is 0.242 e. The van der Waals surface area contributed by atoms with Gasteiger partial charge in [-0.3, -0.25) is 4.90 Å². The second-order valence-electron chi connectivity index (χ2n) is 12.9. The maximum Gasteiger partial charge on any atom is 0.242 e. The summed E-state index contributed by atoms with van der Waals surface area (Å²) in [5.41, 5.74) is 11.0. The maximum absolute atomic E-state index is 10.3. The molecule has 3 aliphatic rings. The minimum Gasteiger partial charge on any atom is -0.464 e. The van der Waals surface area contributed by atoms with E-state index < -0.39 is 12.5 Å². The van der Waals surface area contributed by atoms with Gasteiger partial charge in [-0.25, -0.2) is 9.98 Å². The van der Waals surface area contributed by atoms with Crippen LogP contribution in [0.2, 0.25) is 0 Å². The van der Waals surface area contributed by atoms with Gasteiger partial charge in [0.1, 0.15) is 11.3 Å². The zero-order chi connectivity index (χ0) is 31.3. The Morgan fingerprint density at radius 1 is 1.16 bits per heavy atom. The molecule has 1 aliphatic carbocycles. The Morgan fingerprint density at radius 2 is 1.86 bits per heavy atom. The second-order valence-corrected chi connectivity index (χ2v) is 15.9. The Morgan fingerprint density at radius 3 is 2.50 bits per heavy atom. The van der Waals surface area contributed by atoms with Crippen LogP contribution in [0.4, 0.5) is 0 Å². The molecule has 0 amide bonds. The van der Waals surface area contributed by atoms with Gasteiger partial charge >= 0.3 is 0 Å². The average molecular weight is 612 g/mol. The number of ether oxygens (including phenoxy) is 2. The van der Waals surface area contributed by atoms with Crippen molar-refractivity contribution in [2.24, 2.45) is 21.6 Å². The quantitative estimate of drug-likeness (QED) is 0.350. The summed E-state index contributed by atoms with van der Waals surface area (Å²) in [6.45, 7) is 11.7. The molecule has 0 spiro atoms. The molecule has 1 unspecified atom stereocenters. The van der Waals surface area contributed by atoms with Crippen molar-refractivity contribution in [3.05, 3.63) is 89.4 Å². The van der Waals surface area contributed by atoms with E-state index in [-0.39, 0.29) is 0 Å². The van der Waals surface area contributed by atoms with Crippen LogP contribution in [-0.2, 0) is 16.0 Å². The first kappa shape index (κ1) is 32.0. The topological polar surface area (TPSA) is 96.2 Å². The lowest BCUT2D eigenvalue weighted by molar-refractivity contribution is 0.0342. The van der Waals surface area contributed by atoms with E-state index in [4.69, 9.17) is 20.2 Å². The number of rotatable bonds is 8. The summed E-state index contributed by atoms with van der Waals surface area (Å²) in [6.07, 6.45) is 11.4. The number of morpholine rings is 1. The van der Waals surface area contributed by atoms with E-state index in [9.17, 15) is 5.26 Å².